The largest absolute Gasteiger partial charge is 0.341 e. The molecule has 1 unspecified atom stereocenters. The van der Waals surface area contributed by atoms with Gasteiger partial charge in [-0.25, -0.2) is 9.97 Å². The van der Waals surface area contributed by atoms with Crippen LogP contribution in [0.25, 0.3) is 0 Å². The van der Waals surface area contributed by atoms with E-state index in [1.165, 1.54) is 19.4 Å². The van der Waals surface area contributed by atoms with Gasteiger partial charge in [0.2, 0.25) is 11.9 Å². The molecule has 24 heavy (non-hydrogen) atoms. The summed E-state index contributed by atoms with van der Waals surface area (Å²) in [5.74, 6) is 1.78. The average Bonchev–Trinajstić information content (AvgIpc) is 2.87. The lowest BCUT2D eigenvalue weighted by Gasteiger charge is -2.30. The van der Waals surface area contributed by atoms with Gasteiger partial charge >= 0.3 is 0 Å². The zero-order valence-corrected chi connectivity index (χ0v) is 14.7. The van der Waals surface area contributed by atoms with Gasteiger partial charge in [-0.1, -0.05) is 0 Å². The summed E-state index contributed by atoms with van der Waals surface area (Å²) in [4.78, 5) is 27.8. The van der Waals surface area contributed by atoms with Crippen molar-refractivity contribution in [3.05, 3.63) is 18.5 Å². The first-order valence-corrected chi connectivity index (χ1v) is 9.20. The zero-order chi connectivity index (χ0) is 16.8. The van der Waals surface area contributed by atoms with E-state index in [4.69, 9.17) is 0 Å². The first-order chi connectivity index (χ1) is 11.7. The lowest BCUT2D eigenvalue weighted by atomic mass is 9.93. The van der Waals surface area contributed by atoms with Gasteiger partial charge in [0.1, 0.15) is 0 Å². The molecule has 0 N–H and O–H groups in total. The minimum absolute atomic E-state index is 0.319. The summed E-state index contributed by atoms with van der Waals surface area (Å²) >= 11 is 0. The van der Waals surface area contributed by atoms with Crippen molar-refractivity contribution in [1.29, 1.82) is 0 Å². The number of rotatable bonds is 4. The normalized spacial score (nSPS) is 23.1. The van der Waals surface area contributed by atoms with Crippen molar-refractivity contribution in [2.45, 2.75) is 32.1 Å². The van der Waals surface area contributed by atoms with E-state index in [9.17, 15) is 4.79 Å². The van der Waals surface area contributed by atoms with Crippen molar-refractivity contribution in [2.75, 3.05) is 51.2 Å². The van der Waals surface area contributed by atoms with Gasteiger partial charge in [-0.15, -0.1) is 0 Å². The second-order valence-electron chi connectivity index (χ2n) is 7.08. The van der Waals surface area contributed by atoms with E-state index < -0.39 is 0 Å². The summed E-state index contributed by atoms with van der Waals surface area (Å²) in [5.41, 5.74) is 0. The second kappa shape index (κ2) is 8.42. The molecular formula is C18H29N5O. The lowest BCUT2D eigenvalue weighted by molar-refractivity contribution is -0.131. The molecule has 0 spiro atoms. The summed E-state index contributed by atoms with van der Waals surface area (Å²) in [5, 5.41) is 0. The minimum Gasteiger partial charge on any atom is -0.341 e. The van der Waals surface area contributed by atoms with Gasteiger partial charge in [0.05, 0.1) is 0 Å². The number of likely N-dealkylation sites (tertiary alicyclic amines) is 1. The standard InChI is InChI=1S/C18H29N5O/c1-21-10-2-5-16(15-21)6-7-17(24)22-11-4-12-23(14-13-22)18-19-8-3-9-20-18/h3,8-9,16H,2,4-7,10-15H2,1H3. The third-order valence-corrected chi connectivity index (χ3v) is 5.17. The summed E-state index contributed by atoms with van der Waals surface area (Å²) in [7, 11) is 2.18. The Morgan fingerprint density at radius 1 is 1.12 bits per heavy atom. The van der Waals surface area contributed by atoms with Gasteiger partial charge in [-0.2, -0.15) is 0 Å². The third kappa shape index (κ3) is 4.66. The van der Waals surface area contributed by atoms with Crippen LogP contribution in [-0.2, 0) is 4.79 Å². The van der Waals surface area contributed by atoms with Gasteiger partial charge in [0.15, 0.2) is 0 Å². The van der Waals surface area contributed by atoms with E-state index in [1.54, 1.807) is 12.4 Å². The fourth-order valence-electron chi connectivity index (χ4n) is 3.82. The summed E-state index contributed by atoms with van der Waals surface area (Å²) < 4.78 is 0. The number of carbonyl (C=O) groups excluding carboxylic acids is 1. The Labute approximate surface area is 144 Å². The van der Waals surface area contributed by atoms with Crippen molar-refractivity contribution < 1.29 is 4.79 Å². The van der Waals surface area contributed by atoms with Crippen molar-refractivity contribution >= 4 is 11.9 Å². The maximum Gasteiger partial charge on any atom is 0.225 e. The average molecular weight is 331 g/mol. The molecule has 3 heterocycles. The molecule has 2 aliphatic rings. The van der Waals surface area contributed by atoms with E-state index in [1.807, 2.05) is 11.0 Å². The molecule has 3 rings (SSSR count). The van der Waals surface area contributed by atoms with Crippen molar-refractivity contribution in [3.8, 4) is 0 Å². The number of hydrogen-bond acceptors (Lipinski definition) is 5. The maximum atomic E-state index is 12.6. The molecule has 6 nitrogen and oxygen atoms in total. The summed E-state index contributed by atoms with van der Waals surface area (Å²) in [6, 6.07) is 1.83. The van der Waals surface area contributed by atoms with Crippen LogP contribution < -0.4 is 4.90 Å². The smallest absolute Gasteiger partial charge is 0.225 e. The molecule has 132 valence electrons. The predicted molar refractivity (Wildman–Crippen MR) is 94.9 cm³/mol. The first kappa shape index (κ1) is 17.1. The molecule has 1 aromatic heterocycles. The Kier molecular flexibility index (Phi) is 6.01. The predicted octanol–water partition coefficient (Wildman–Crippen LogP) is 1.64. The molecule has 0 aromatic carbocycles. The number of amides is 1. The topological polar surface area (TPSA) is 52.6 Å². The molecule has 0 radical (unpaired) electrons. The Balaban J connectivity index is 1.46. The SMILES string of the molecule is CN1CCCC(CCC(=O)N2CCCN(c3ncccn3)CC2)C1. The highest BCUT2D eigenvalue weighted by atomic mass is 16.2. The fourth-order valence-corrected chi connectivity index (χ4v) is 3.82. The summed E-state index contributed by atoms with van der Waals surface area (Å²) in [6.45, 7) is 5.72. The molecular weight excluding hydrogens is 302 g/mol. The van der Waals surface area contributed by atoms with Gasteiger partial charge in [0, 0.05) is 51.5 Å². The van der Waals surface area contributed by atoms with Crippen LogP contribution in [0.5, 0.6) is 0 Å². The van der Waals surface area contributed by atoms with Gasteiger partial charge < -0.3 is 14.7 Å². The highest BCUT2D eigenvalue weighted by Gasteiger charge is 2.22. The van der Waals surface area contributed by atoms with Crippen molar-refractivity contribution in [3.63, 3.8) is 0 Å². The van der Waals surface area contributed by atoms with Crippen LogP contribution in [0.15, 0.2) is 18.5 Å². The number of nitrogens with zero attached hydrogens (tertiary/aromatic N) is 5. The Hall–Kier alpha value is -1.69. The van der Waals surface area contributed by atoms with E-state index in [-0.39, 0.29) is 0 Å². The molecule has 1 atom stereocenters. The van der Waals surface area contributed by atoms with E-state index in [0.29, 0.717) is 18.2 Å². The highest BCUT2D eigenvalue weighted by molar-refractivity contribution is 5.76. The molecule has 6 heteroatoms. The Morgan fingerprint density at radius 3 is 2.75 bits per heavy atom. The number of carbonyl (C=O) groups is 1. The van der Waals surface area contributed by atoms with Crippen LogP contribution >= 0.6 is 0 Å². The summed E-state index contributed by atoms with van der Waals surface area (Å²) in [6.07, 6.45) is 8.80. The first-order valence-electron chi connectivity index (χ1n) is 9.20. The second-order valence-corrected chi connectivity index (χ2v) is 7.08. The number of piperidine rings is 1. The Morgan fingerprint density at radius 2 is 1.96 bits per heavy atom. The van der Waals surface area contributed by atoms with Crippen LogP contribution in [0.2, 0.25) is 0 Å². The zero-order valence-electron chi connectivity index (χ0n) is 14.7. The van der Waals surface area contributed by atoms with Crippen LogP contribution in [-0.4, -0.2) is 72.0 Å². The minimum atomic E-state index is 0.319. The quantitative estimate of drug-likeness (QED) is 0.839. The van der Waals surface area contributed by atoms with E-state index >= 15 is 0 Å². The van der Waals surface area contributed by atoms with Crippen molar-refractivity contribution in [1.82, 2.24) is 19.8 Å². The third-order valence-electron chi connectivity index (χ3n) is 5.17. The van der Waals surface area contributed by atoms with Gasteiger partial charge in [-0.3, -0.25) is 4.79 Å². The van der Waals surface area contributed by atoms with Gasteiger partial charge in [0.25, 0.3) is 0 Å². The molecule has 1 amide bonds. The Bertz CT molecular complexity index is 523. The molecule has 2 fully saturated rings. The molecule has 0 aliphatic carbocycles. The number of anilines is 1. The van der Waals surface area contributed by atoms with Crippen LogP contribution in [0.4, 0.5) is 5.95 Å². The number of hydrogen-bond donors (Lipinski definition) is 0. The van der Waals surface area contributed by atoms with Crippen molar-refractivity contribution in [2.24, 2.45) is 5.92 Å². The van der Waals surface area contributed by atoms with E-state index in [2.05, 4.69) is 26.8 Å². The fraction of sp³-hybridized carbons (Fsp3) is 0.722. The molecule has 2 saturated heterocycles. The molecule has 0 saturated carbocycles. The molecule has 1 aromatic rings. The van der Waals surface area contributed by atoms with Gasteiger partial charge in [-0.05, 0) is 51.3 Å². The molecule has 0 bridgehead atoms. The van der Waals surface area contributed by atoms with Crippen LogP contribution in [0.1, 0.15) is 32.1 Å². The maximum absolute atomic E-state index is 12.6. The van der Waals surface area contributed by atoms with Crippen LogP contribution in [0, 0.1) is 5.92 Å². The van der Waals surface area contributed by atoms with Crippen LogP contribution in [0.3, 0.4) is 0 Å². The molecule has 2 aliphatic heterocycles. The van der Waals surface area contributed by atoms with E-state index in [0.717, 1.165) is 51.5 Å². The highest BCUT2D eigenvalue weighted by Crippen LogP contribution is 2.20. The number of aromatic nitrogens is 2. The monoisotopic (exact) mass is 331 g/mol. The lowest BCUT2D eigenvalue weighted by Crippen LogP contribution is -2.36.